The zero-order chi connectivity index (χ0) is 25.5. The lowest BCUT2D eigenvalue weighted by molar-refractivity contribution is -0.384. The van der Waals surface area contributed by atoms with Gasteiger partial charge in [0.2, 0.25) is 0 Å². The van der Waals surface area contributed by atoms with Gasteiger partial charge in [-0.15, -0.1) is 0 Å². The van der Waals surface area contributed by atoms with Gasteiger partial charge in [0.05, 0.1) is 4.92 Å². The number of aryl methyl sites for hydroxylation is 1. The van der Waals surface area contributed by atoms with Crippen molar-refractivity contribution in [1.29, 1.82) is 0 Å². The van der Waals surface area contributed by atoms with Crippen molar-refractivity contribution in [1.82, 2.24) is 9.38 Å². The summed E-state index contributed by atoms with van der Waals surface area (Å²) in [5, 5.41) is 14.5. The predicted octanol–water partition coefficient (Wildman–Crippen LogP) is 5.85. The summed E-state index contributed by atoms with van der Waals surface area (Å²) in [5.41, 5.74) is 2.25. The minimum Gasteiger partial charge on any atom is -0.379 e. The van der Waals surface area contributed by atoms with Crippen molar-refractivity contribution in [2.45, 2.75) is 38.1 Å². The van der Waals surface area contributed by atoms with Crippen molar-refractivity contribution < 1.29 is 17.5 Å². The molecule has 1 N–H and O–H groups in total. The second-order valence-electron chi connectivity index (χ2n) is 9.05. The van der Waals surface area contributed by atoms with Crippen LogP contribution >= 0.6 is 11.6 Å². The maximum absolute atomic E-state index is 12.8. The Balaban J connectivity index is 1.75. The first-order valence-electron chi connectivity index (χ1n) is 10.6. The Labute approximate surface area is 207 Å². The van der Waals surface area contributed by atoms with E-state index in [0.29, 0.717) is 11.3 Å². The van der Waals surface area contributed by atoms with Crippen LogP contribution in [-0.4, -0.2) is 28.3 Å². The molecule has 4 aromatic rings. The predicted molar refractivity (Wildman–Crippen MR) is 135 cm³/mol. The molecule has 0 fully saturated rings. The summed E-state index contributed by atoms with van der Waals surface area (Å²) in [4.78, 5) is 14.8. The van der Waals surface area contributed by atoms with E-state index in [1.54, 1.807) is 18.2 Å². The molecular formula is C24H23ClN4O5S. The average Bonchev–Trinajstić information content (AvgIpc) is 3.09. The van der Waals surface area contributed by atoms with Gasteiger partial charge in [-0.05, 0) is 69.7 Å². The van der Waals surface area contributed by atoms with Crippen LogP contribution in [0.15, 0.2) is 65.7 Å². The van der Waals surface area contributed by atoms with E-state index in [1.165, 1.54) is 6.07 Å². The summed E-state index contributed by atoms with van der Waals surface area (Å²) in [7, 11) is -4.36. The molecule has 0 aliphatic carbocycles. The number of nitrogens with one attached hydrogen (secondary N) is 1. The van der Waals surface area contributed by atoms with Crippen LogP contribution < -0.4 is 9.50 Å². The number of rotatable bonds is 6. The van der Waals surface area contributed by atoms with Gasteiger partial charge in [0, 0.05) is 23.4 Å². The van der Waals surface area contributed by atoms with Crippen LogP contribution in [0.25, 0.3) is 16.9 Å². The molecule has 0 amide bonds. The van der Waals surface area contributed by atoms with Gasteiger partial charge < -0.3 is 9.50 Å². The SMILES string of the molecule is Cc1ccn2c(NC(C)(C)C)c(-c3cccc(OS(=O)(=O)c4ccc(Cl)c([N+](=O)[O-])c4)c3)nc2c1. The Morgan fingerprint density at radius 3 is 2.54 bits per heavy atom. The number of nitro benzene ring substituents is 1. The summed E-state index contributed by atoms with van der Waals surface area (Å²) in [6, 6.07) is 13.6. The molecule has 0 atom stereocenters. The summed E-state index contributed by atoms with van der Waals surface area (Å²) < 4.78 is 32.9. The summed E-state index contributed by atoms with van der Waals surface area (Å²) >= 11 is 5.80. The Morgan fingerprint density at radius 1 is 1.11 bits per heavy atom. The van der Waals surface area contributed by atoms with Crippen molar-refractivity contribution in [2.75, 3.05) is 5.32 Å². The van der Waals surface area contributed by atoms with Gasteiger partial charge in [-0.1, -0.05) is 23.7 Å². The fraction of sp³-hybridized carbons (Fsp3) is 0.208. The van der Waals surface area contributed by atoms with Crippen LogP contribution in [0.4, 0.5) is 11.5 Å². The minimum absolute atomic E-state index is 0.0371. The van der Waals surface area contributed by atoms with E-state index >= 15 is 0 Å². The molecule has 0 unspecified atom stereocenters. The zero-order valence-corrected chi connectivity index (χ0v) is 21.0. The van der Waals surface area contributed by atoms with Gasteiger partial charge in [0.15, 0.2) is 0 Å². The maximum atomic E-state index is 12.8. The van der Waals surface area contributed by atoms with E-state index in [9.17, 15) is 18.5 Å². The van der Waals surface area contributed by atoms with Crippen LogP contribution in [0.3, 0.4) is 0 Å². The molecule has 9 nitrogen and oxygen atoms in total. The van der Waals surface area contributed by atoms with E-state index < -0.39 is 20.7 Å². The summed E-state index contributed by atoms with van der Waals surface area (Å²) in [6.45, 7) is 8.07. The molecule has 0 radical (unpaired) electrons. The number of hydrogen-bond donors (Lipinski definition) is 1. The fourth-order valence-corrected chi connectivity index (χ4v) is 4.61. The smallest absolute Gasteiger partial charge is 0.339 e. The molecule has 11 heteroatoms. The quantitative estimate of drug-likeness (QED) is 0.195. The first-order valence-corrected chi connectivity index (χ1v) is 12.4. The normalized spacial score (nSPS) is 12.0. The summed E-state index contributed by atoms with van der Waals surface area (Å²) in [5.74, 6) is 0.788. The molecule has 2 aromatic heterocycles. The van der Waals surface area contributed by atoms with Crippen molar-refractivity contribution in [3.63, 3.8) is 0 Å². The highest BCUT2D eigenvalue weighted by molar-refractivity contribution is 7.87. The van der Waals surface area contributed by atoms with Crippen LogP contribution in [0.1, 0.15) is 26.3 Å². The number of nitrogens with zero attached hydrogens (tertiary/aromatic N) is 3. The number of pyridine rings is 1. The van der Waals surface area contributed by atoms with E-state index in [2.05, 4.69) is 5.32 Å². The third kappa shape index (κ3) is 5.23. The molecule has 0 spiro atoms. The number of anilines is 1. The van der Waals surface area contributed by atoms with Crippen molar-refractivity contribution in [3.8, 4) is 17.0 Å². The molecule has 0 aliphatic heterocycles. The highest BCUT2D eigenvalue weighted by Gasteiger charge is 2.24. The first kappa shape index (κ1) is 24.5. The topological polar surface area (TPSA) is 116 Å². The van der Waals surface area contributed by atoms with E-state index in [0.717, 1.165) is 35.2 Å². The number of hydrogen-bond acceptors (Lipinski definition) is 7. The second-order valence-corrected chi connectivity index (χ2v) is 11.0. The number of benzene rings is 2. The lowest BCUT2D eigenvalue weighted by Crippen LogP contribution is -2.27. The first-order chi connectivity index (χ1) is 16.3. The Kier molecular flexibility index (Phi) is 6.20. The largest absolute Gasteiger partial charge is 0.379 e. The van der Waals surface area contributed by atoms with Gasteiger partial charge in [0.1, 0.15) is 32.8 Å². The maximum Gasteiger partial charge on any atom is 0.339 e. The average molecular weight is 515 g/mol. The number of imidazole rings is 1. The van der Waals surface area contributed by atoms with Gasteiger partial charge in [-0.25, -0.2) is 4.98 Å². The highest BCUT2D eigenvalue weighted by Crippen LogP contribution is 2.34. The molecule has 0 aliphatic rings. The van der Waals surface area contributed by atoms with Crippen LogP contribution in [0, 0.1) is 17.0 Å². The lowest BCUT2D eigenvalue weighted by atomic mass is 10.1. The van der Waals surface area contributed by atoms with E-state index in [4.69, 9.17) is 20.8 Å². The lowest BCUT2D eigenvalue weighted by Gasteiger charge is -2.22. The molecular weight excluding hydrogens is 492 g/mol. The number of aromatic nitrogens is 2. The van der Waals surface area contributed by atoms with Crippen molar-refractivity contribution in [3.05, 3.63) is 81.5 Å². The van der Waals surface area contributed by atoms with Crippen LogP contribution in [-0.2, 0) is 10.1 Å². The monoisotopic (exact) mass is 514 g/mol. The Bertz CT molecular complexity index is 1560. The number of halogens is 1. The molecule has 0 saturated heterocycles. The molecule has 182 valence electrons. The fourth-order valence-electron chi connectivity index (χ4n) is 3.48. The summed E-state index contributed by atoms with van der Waals surface area (Å²) in [6.07, 6.45) is 1.92. The molecule has 2 heterocycles. The van der Waals surface area contributed by atoms with Gasteiger partial charge in [0.25, 0.3) is 5.69 Å². The third-order valence-electron chi connectivity index (χ3n) is 4.99. The molecule has 35 heavy (non-hydrogen) atoms. The number of nitro groups is 1. The molecule has 0 bridgehead atoms. The highest BCUT2D eigenvalue weighted by atomic mass is 35.5. The van der Waals surface area contributed by atoms with E-state index in [1.807, 2.05) is 50.4 Å². The molecule has 4 rings (SSSR count). The standard InChI is InChI=1S/C24H23ClN4O5S/c1-15-10-11-28-21(12-15)26-22(23(28)27-24(2,3)4)16-6-5-7-17(13-16)34-35(32,33)18-8-9-19(25)20(14-18)29(30)31/h5-14,27H,1-4H3. The van der Waals surface area contributed by atoms with Crippen molar-refractivity contribution in [2.24, 2.45) is 0 Å². The van der Waals surface area contributed by atoms with Gasteiger partial charge in [-0.2, -0.15) is 8.42 Å². The third-order valence-corrected chi connectivity index (χ3v) is 6.55. The van der Waals surface area contributed by atoms with Gasteiger partial charge >= 0.3 is 10.1 Å². The Hall–Kier alpha value is -3.63. The van der Waals surface area contributed by atoms with Crippen molar-refractivity contribution >= 4 is 38.9 Å². The second kappa shape index (κ2) is 8.86. The molecule has 2 aromatic carbocycles. The molecule has 0 saturated carbocycles. The van der Waals surface area contributed by atoms with Crippen LogP contribution in [0.5, 0.6) is 5.75 Å². The minimum atomic E-state index is -4.36. The zero-order valence-electron chi connectivity index (χ0n) is 19.4. The number of fused-ring (bicyclic) bond motifs is 1. The van der Waals surface area contributed by atoms with Crippen LogP contribution in [0.2, 0.25) is 5.02 Å². The Morgan fingerprint density at radius 2 is 1.86 bits per heavy atom. The van der Waals surface area contributed by atoms with Gasteiger partial charge in [-0.3, -0.25) is 14.5 Å². The van der Waals surface area contributed by atoms with E-state index in [-0.39, 0.29) is 21.2 Å².